The van der Waals surface area contributed by atoms with Gasteiger partial charge in [-0.1, -0.05) is 170 Å². The molecule has 9 aromatic carbocycles. The second-order valence-corrected chi connectivity index (χ2v) is 15.2. The lowest BCUT2D eigenvalue weighted by atomic mass is 9.90. The lowest BCUT2D eigenvalue weighted by Crippen LogP contribution is -2.00. The molecule has 2 heterocycles. The van der Waals surface area contributed by atoms with Crippen LogP contribution in [0.25, 0.3) is 117 Å². The van der Waals surface area contributed by atoms with Gasteiger partial charge in [0.25, 0.3) is 0 Å². The molecule has 11 aromatic rings. The summed E-state index contributed by atoms with van der Waals surface area (Å²) in [6.45, 7) is 0. The smallest absolute Gasteiger partial charge is 0.164 e. The minimum Gasteiger partial charge on any atom is -0.309 e. The second-order valence-electron chi connectivity index (χ2n) is 15.2. The van der Waals surface area contributed by atoms with Crippen molar-refractivity contribution in [1.29, 1.82) is 0 Å². The van der Waals surface area contributed by atoms with Crippen molar-refractivity contribution in [3.63, 3.8) is 0 Å². The third-order valence-corrected chi connectivity index (χ3v) is 11.8. The molecule has 1 aliphatic carbocycles. The van der Waals surface area contributed by atoms with E-state index in [1.54, 1.807) is 0 Å². The Morgan fingerprint density at radius 3 is 1.32 bits per heavy atom. The molecule has 0 N–H and O–H groups in total. The molecule has 1 aliphatic rings. The third-order valence-electron chi connectivity index (χ3n) is 11.8. The van der Waals surface area contributed by atoms with Gasteiger partial charge in [-0.15, -0.1) is 0 Å². The van der Waals surface area contributed by atoms with E-state index in [9.17, 15) is 0 Å². The fourth-order valence-electron chi connectivity index (χ4n) is 9.10. The van der Waals surface area contributed by atoms with Gasteiger partial charge < -0.3 is 4.57 Å². The highest BCUT2D eigenvalue weighted by molar-refractivity contribution is 6.31. The molecular formula is C55H34N4. The minimum absolute atomic E-state index is 0.632. The molecule has 0 unspecified atom stereocenters. The summed E-state index contributed by atoms with van der Waals surface area (Å²) in [6, 6.07) is 73.4. The van der Waals surface area contributed by atoms with Crippen molar-refractivity contribution in [2.45, 2.75) is 0 Å². The maximum atomic E-state index is 5.08. The number of rotatable bonds is 6. The molecular weight excluding hydrogens is 717 g/mol. The molecule has 274 valence electrons. The molecule has 0 amide bonds. The lowest BCUT2D eigenvalue weighted by Gasteiger charge is -2.16. The molecule has 0 saturated heterocycles. The number of hydrogen-bond acceptors (Lipinski definition) is 3. The number of hydrogen-bond donors (Lipinski definition) is 0. The number of aromatic nitrogens is 4. The van der Waals surface area contributed by atoms with Gasteiger partial charge in [-0.3, -0.25) is 0 Å². The molecule has 12 rings (SSSR count). The first kappa shape index (κ1) is 33.2. The van der Waals surface area contributed by atoms with Gasteiger partial charge in [0, 0.05) is 38.5 Å². The molecule has 0 aliphatic heterocycles. The van der Waals surface area contributed by atoms with E-state index in [0.29, 0.717) is 17.5 Å². The minimum atomic E-state index is 0.632. The summed E-state index contributed by atoms with van der Waals surface area (Å²) in [5.74, 6) is 1.91. The Morgan fingerprint density at radius 2 is 0.695 bits per heavy atom. The van der Waals surface area contributed by atoms with Crippen LogP contribution in [0.15, 0.2) is 206 Å². The first-order valence-electron chi connectivity index (χ1n) is 20.0. The molecule has 4 heteroatoms. The van der Waals surface area contributed by atoms with Crippen LogP contribution < -0.4 is 0 Å². The summed E-state index contributed by atoms with van der Waals surface area (Å²) in [5.41, 5.74) is 16.1. The first-order valence-corrected chi connectivity index (χ1v) is 20.0. The van der Waals surface area contributed by atoms with Crippen molar-refractivity contribution in [3.8, 4) is 84.4 Å². The Kier molecular flexibility index (Phi) is 7.50. The maximum Gasteiger partial charge on any atom is 0.164 e. The molecule has 4 nitrogen and oxygen atoms in total. The van der Waals surface area contributed by atoms with E-state index in [2.05, 4.69) is 174 Å². The van der Waals surface area contributed by atoms with Crippen LogP contribution in [0.1, 0.15) is 0 Å². The molecule has 0 radical (unpaired) electrons. The van der Waals surface area contributed by atoms with Crippen molar-refractivity contribution >= 4 is 32.6 Å². The van der Waals surface area contributed by atoms with Gasteiger partial charge >= 0.3 is 0 Å². The molecule has 2 aromatic heterocycles. The molecule has 0 atom stereocenters. The first-order chi connectivity index (χ1) is 29.3. The Hall–Kier alpha value is -7.95. The van der Waals surface area contributed by atoms with Gasteiger partial charge in [-0.25, -0.2) is 15.0 Å². The molecule has 0 saturated carbocycles. The Morgan fingerprint density at radius 1 is 0.254 bits per heavy atom. The van der Waals surface area contributed by atoms with Crippen molar-refractivity contribution in [1.82, 2.24) is 19.5 Å². The van der Waals surface area contributed by atoms with Crippen molar-refractivity contribution < 1.29 is 0 Å². The summed E-state index contributed by atoms with van der Waals surface area (Å²) in [6.07, 6.45) is 0. The van der Waals surface area contributed by atoms with Gasteiger partial charge in [0.1, 0.15) is 0 Å². The summed E-state index contributed by atoms with van der Waals surface area (Å²) in [5, 5.41) is 5.12. The van der Waals surface area contributed by atoms with E-state index in [-0.39, 0.29) is 0 Å². The molecule has 59 heavy (non-hydrogen) atoms. The van der Waals surface area contributed by atoms with Crippen LogP contribution in [0.4, 0.5) is 0 Å². The van der Waals surface area contributed by atoms with E-state index in [0.717, 1.165) is 27.9 Å². The highest BCUT2D eigenvalue weighted by Crippen LogP contribution is 2.51. The van der Waals surface area contributed by atoms with Crippen molar-refractivity contribution in [2.24, 2.45) is 0 Å². The molecule has 0 bridgehead atoms. The standard InChI is InChI=1S/C55H34N4/c1-4-13-35(14-5-1)36-23-25-39(26-24-36)54-56-53(38-17-8-3-9-18-38)57-55(58-54)40-27-29-41(30-28-40)59-48-22-12-21-45-43-19-10-11-20-44(43)47-32-31-42(37-15-6-2-7-16-37)46-33-34-49(59)52(50(46)47)51(45)48/h1-34H. The van der Waals surface area contributed by atoms with E-state index in [1.165, 1.54) is 71.5 Å². The molecule has 0 fully saturated rings. The van der Waals surface area contributed by atoms with Gasteiger partial charge in [-0.05, 0) is 86.3 Å². The summed E-state index contributed by atoms with van der Waals surface area (Å²) in [7, 11) is 0. The number of benzene rings is 9. The van der Waals surface area contributed by atoms with Crippen molar-refractivity contribution in [3.05, 3.63) is 206 Å². The highest BCUT2D eigenvalue weighted by Gasteiger charge is 2.26. The Bertz CT molecular complexity index is 3390. The van der Waals surface area contributed by atoms with Crippen LogP contribution in [0.5, 0.6) is 0 Å². The Labute approximate surface area is 341 Å². The van der Waals surface area contributed by atoms with Crippen molar-refractivity contribution in [2.75, 3.05) is 0 Å². The maximum absolute atomic E-state index is 5.08. The predicted octanol–water partition coefficient (Wildman–Crippen LogP) is 14.1. The largest absolute Gasteiger partial charge is 0.309 e. The van der Waals surface area contributed by atoms with Crippen LogP contribution in [0.2, 0.25) is 0 Å². The van der Waals surface area contributed by atoms with E-state index in [4.69, 9.17) is 15.0 Å². The van der Waals surface area contributed by atoms with Crippen LogP contribution in [-0.2, 0) is 0 Å². The van der Waals surface area contributed by atoms with Gasteiger partial charge in [0.05, 0.1) is 11.0 Å². The topological polar surface area (TPSA) is 43.6 Å². The Balaban J connectivity index is 1.03. The lowest BCUT2D eigenvalue weighted by molar-refractivity contribution is 1.07. The monoisotopic (exact) mass is 750 g/mol. The van der Waals surface area contributed by atoms with E-state index >= 15 is 0 Å². The fraction of sp³-hybridized carbons (Fsp3) is 0. The van der Waals surface area contributed by atoms with Crippen LogP contribution >= 0.6 is 0 Å². The number of nitrogens with zero attached hydrogens (tertiary/aromatic N) is 4. The van der Waals surface area contributed by atoms with E-state index < -0.39 is 0 Å². The zero-order valence-corrected chi connectivity index (χ0v) is 31.9. The van der Waals surface area contributed by atoms with Gasteiger partial charge in [0.15, 0.2) is 17.5 Å². The van der Waals surface area contributed by atoms with Gasteiger partial charge in [-0.2, -0.15) is 0 Å². The zero-order chi connectivity index (χ0) is 38.9. The van der Waals surface area contributed by atoms with Crippen LogP contribution in [-0.4, -0.2) is 19.5 Å². The fourth-order valence-corrected chi connectivity index (χ4v) is 9.10. The van der Waals surface area contributed by atoms with E-state index in [1.807, 2.05) is 36.4 Å². The quantitative estimate of drug-likeness (QED) is 0.170. The zero-order valence-electron chi connectivity index (χ0n) is 31.9. The summed E-state index contributed by atoms with van der Waals surface area (Å²) < 4.78 is 2.42. The highest BCUT2D eigenvalue weighted by atomic mass is 15.0. The van der Waals surface area contributed by atoms with Crippen LogP contribution in [0.3, 0.4) is 0 Å². The number of fused-ring (bicyclic) bond motifs is 3. The molecule has 0 spiro atoms. The van der Waals surface area contributed by atoms with Gasteiger partial charge in [0.2, 0.25) is 0 Å². The summed E-state index contributed by atoms with van der Waals surface area (Å²) in [4.78, 5) is 15.1. The third kappa shape index (κ3) is 5.34. The summed E-state index contributed by atoms with van der Waals surface area (Å²) >= 11 is 0. The average molecular weight is 751 g/mol. The van der Waals surface area contributed by atoms with Crippen LogP contribution in [0, 0.1) is 0 Å². The SMILES string of the molecule is c1ccc(-c2ccc(-c3nc(-c4ccccc4)nc(-c4ccc(-n5c6cccc7c6c6c8c(ccc(-c9ccccc9)c8ccc65)-c5ccccc5-7)cc4)n3)cc2)cc1. The average Bonchev–Trinajstić information content (AvgIpc) is 3.60. The normalized spacial score (nSPS) is 11.7. The second kappa shape index (κ2) is 13.3. The predicted molar refractivity (Wildman–Crippen MR) is 243 cm³/mol.